The fourth-order valence-electron chi connectivity index (χ4n) is 6.27. The minimum Gasteiger partial charge on any atom is -0.353 e. The Morgan fingerprint density at radius 1 is 1.14 bits per heavy atom. The quantitative estimate of drug-likeness (QED) is 0.839. The molecule has 2 N–H and O–H groups in total. The van der Waals surface area contributed by atoms with Crippen LogP contribution < -0.4 is 10.6 Å². The van der Waals surface area contributed by atoms with Crippen LogP contribution in [0.4, 0.5) is 0 Å². The minimum atomic E-state index is 0.204. The number of amides is 1. The van der Waals surface area contributed by atoms with E-state index in [9.17, 15) is 4.79 Å². The molecule has 0 aromatic carbocycles. The van der Waals surface area contributed by atoms with E-state index in [1.807, 2.05) is 0 Å². The van der Waals surface area contributed by atoms with E-state index in [-0.39, 0.29) is 5.92 Å². The first kappa shape index (κ1) is 14.0. The molecule has 3 nitrogen and oxygen atoms in total. The number of hydrogen-bond acceptors (Lipinski definition) is 2. The lowest BCUT2D eigenvalue weighted by Crippen LogP contribution is -2.57. The Labute approximate surface area is 128 Å². The molecule has 5 rings (SSSR count). The first-order valence-electron chi connectivity index (χ1n) is 9.16. The minimum absolute atomic E-state index is 0.204. The van der Waals surface area contributed by atoms with Crippen LogP contribution in [-0.4, -0.2) is 25.0 Å². The average Bonchev–Trinajstić information content (AvgIpc) is 2.46. The highest BCUT2D eigenvalue weighted by Gasteiger charge is 2.53. The third-order valence-electron chi connectivity index (χ3n) is 7.03. The molecule has 0 unspecified atom stereocenters. The Kier molecular flexibility index (Phi) is 3.52. The number of piperidine rings is 1. The Bertz CT molecular complexity index is 378. The summed E-state index contributed by atoms with van der Waals surface area (Å²) < 4.78 is 0. The molecule has 118 valence electrons. The maximum absolute atomic E-state index is 12.6. The Morgan fingerprint density at radius 3 is 2.29 bits per heavy atom. The zero-order chi connectivity index (χ0) is 14.4. The Morgan fingerprint density at radius 2 is 1.76 bits per heavy atom. The molecule has 21 heavy (non-hydrogen) atoms. The summed E-state index contributed by atoms with van der Waals surface area (Å²) in [5.74, 6) is 3.41. The van der Waals surface area contributed by atoms with Crippen LogP contribution in [-0.2, 0) is 4.79 Å². The van der Waals surface area contributed by atoms with Gasteiger partial charge in [-0.25, -0.2) is 0 Å². The summed E-state index contributed by atoms with van der Waals surface area (Å²) in [6.45, 7) is 4.25. The second-order valence-corrected chi connectivity index (χ2v) is 8.55. The third kappa shape index (κ3) is 2.52. The topological polar surface area (TPSA) is 41.1 Å². The van der Waals surface area contributed by atoms with E-state index < -0.39 is 0 Å². The van der Waals surface area contributed by atoms with Gasteiger partial charge in [-0.3, -0.25) is 4.79 Å². The smallest absolute Gasteiger partial charge is 0.224 e. The molecule has 4 aliphatic carbocycles. The van der Waals surface area contributed by atoms with Crippen molar-refractivity contribution in [3.05, 3.63) is 0 Å². The molecule has 1 saturated heterocycles. The molecular formula is C18H30N2O. The van der Waals surface area contributed by atoms with Crippen molar-refractivity contribution in [1.82, 2.24) is 10.6 Å². The lowest BCUT2D eigenvalue weighted by atomic mass is 9.48. The number of nitrogens with one attached hydrogen (secondary N) is 2. The van der Waals surface area contributed by atoms with Gasteiger partial charge in [-0.2, -0.15) is 0 Å². The first-order chi connectivity index (χ1) is 10.1. The van der Waals surface area contributed by atoms with Crippen LogP contribution in [0, 0.1) is 29.1 Å². The van der Waals surface area contributed by atoms with E-state index in [0.717, 1.165) is 43.7 Å². The number of rotatable bonds is 3. The molecular weight excluding hydrogens is 260 g/mol. The van der Waals surface area contributed by atoms with Crippen LogP contribution in [0.5, 0.6) is 0 Å². The Balaban J connectivity index is 1.42. The van der Waals surface area contributed by atoms with Crippen LogP contribution >= 0.6 is 0 Å². The van der Waals surface area contributed by atoms with Crippen molar-refractivity contribution in [2.75, 3.05) is 13.1 Å². The molecule has 4 bridgehead atoms. The number of carbonyl (C=O) groups excluding carboxylic acids is 1. The van der Waals surface area contributed by atoms with Gasteiger partial charge in [0, 0.05) is 12.6 Å². The monoisotopic (exact) mass is 290 g/mol. The van der Waals surface area contributed by atoms with E-state index in [4.69, 9.17) is 0 Å². The van der Waals surface area contributed by atoms with Crippen LogP contribution in [0.15, 0.2) is 0 Å². The van der Waals surface area contributed by atoms with Crippen molar-refractivity contribution < 1.29 is 4.79 Å². The second-order valence-electron chi connectivity index (χ2n) is 8.55. The summed E-state index contributed by atoms with van der Waals surface area (Å²) >= 11 is 0. The first-order valence-corrected chi connectivity index (χ1v) is 9.16. The van der Waals surface area contributed by atoms with Crippen molar-refractivity contribution in [3.8, 4) is 0 Å². The van der Waals surface area contributed by atoms with Crippen molar-refractivity contribution in [2.24, 2.45) is 29.1 Å². The summed E-state index contributed by atoms with van der Waals surface area (Å²) in [5.41, 5.74) is 0.437. The van der Waals surface area contributed by atoms with Gasteiger partial charge in [-0.05, 0) is 88.0 Å². The largest absolute Gasteiger partial charge is 0.353 e. The van der Waals surface area contributed by atoms with Gasteiger partial charge in [-0.1, -0.05) is 0 Å². The van der Waals surface area contributed by atoms with Crippen molar-refractivity contribution in [1.29, 1.82) is 0 Å². The van der Waals surface area contributed by atoms with Crippen molar-refractivity contribution >= 4 is 5.91 Å². The third-order valence-corrected chi connectivity index (χ3v) is 7.03. The highest BCUT2D eigenvalue weighted by Crippen LogP contribution is 2.61. The van der Waals surface area contributed by atoms with Gasteiger partial charge in [0.2, 0.25) is 5.91 Å². The molecule has 0 aromatic rings. The highest BCUT2D eigenvalue weighted by molar-refractivity contribution is 5.79. The summed E-state index contributed by atoms with van der Waals surface area (Å²) in [7, 11) is 0. The molecule has 0 radical (unpaired) electrons. The van der Waals surface area contributed by atoms with Crippen LogP contribution in [0.2, 0.25) is 0 Å². The maximum Gasteiger partial charge on any atom is 0.224 e. The van der Waals surface area contributed by atoms with E-state index >= 15 is 0 Å². The molecule has 4 saturated carbocycles. The summed E-state index contributed by atoms with van der Waals surface area (Å²) in [6.07, 6.45) is 10.8. The van der Waals surface area contributed by atoms with E-state index in [0.29, 0.717) is 17.4 Å². The van der Waals surface area contributed by atoms with Gasteiger partial charge in [0.05, 0.1) is 5.92 Å². The molecule has 5 fully saturated rings. The van der Waals surface area contributed by atoms with Crippen molar-refractivity contribution in [3.63, 3.8) is 0 Å². The molecule has 0 aromatic heterocycles. The van der Waals surface area contributed by atoms with E-state index in [1.165, 1.54) is 38.5 Å². The van der Waals surface area contributed by atoms with Gasteiger partial charge >= 0.3 is 0 Å². The Hall–Kier alpha value is -0.570. The average molecular weight is 290 g/mol. The molecule has 3 heteroatoms. The standard InChI is InChI=1S/C18H30N2O/c1-12(20-17(21)16-3-2-4-19-11-16)18-8-13-5-14(9-18)7-15(6-13)10-18/h12-16,19H,2-11H2,1H3,(H,20,21)/t12-,13?,14?,15?,16-,18?/m0/s1. The fourth-order valence-corrected chi connectivity index (χ4v) is 6.27. The zero-order valence-electron chi connectivity index (χ0n) is 13.4. The normalized spacial score (nSPS) is 46.3. The van der Waals surface area contributed by atoms with E-state index in [1.54, 1.807) is 0 Å². The van der Waals surface area contributed by atoms with Crippen LogP contribution in [0.3, 0.4) is 0 Å². The molecule has 1 aliphatic heterocycles. The molecule has 5 aliphatic rings. The van der Waals surface area contributed by atoms with Crippen molar-refractivity contribution in [2.45, 2.75) is 64.3 Å². The summed E-state index contributed by atoms with van der Waals surface area (Å²) in [6, 6.07) is 0.375. The molecule has 1 amide bonds. The number of carbonyl (C=O) groups is 1. The number of hydrogen-bond donors (Lipinski definition) is 2. The zero-order valence-corrected chi connectivity index (χ0v) is 13.4. The fraction of sp³-hybridized carbons (Fsp3) is 0.944. The summed E-state index contributed by atoms with van der Waals surface area (Å²) in [4.78, 5) is 12.6. The second kappa shape index (κ2) is 5.26. The van der Waals surface area contributed by atoms with Crippen LogP contribution in [0.1, 0.15) is 58.3 Å². The lowest BCUT2D eigenvalue weighted by Gasteiger charge is -2.59. The molecule has 2 atom stereocenters. The van der Waals surface area contributed by atoms with Gasteiger partial charge in [-0.15, -0.1) is 0 Å². The SMILES string of the molecule is C[C@H](NC(=O)[C@H]1CCCNC1)C12CC3CC(CC(C3)C1)C2. The van der Waals surface area contributed by atoms with Crippen LogP contribution in [0.25, 0.3) is 0 Å². The van der Waals surface area contributed by atoms with Gasteiger partial charge in [0.15, 0.2) is 0 Å². The molecule has 0 spiro atoms. The lowest BCUT2D eigenvalue weighted by molar-refractivity contribution is -0.130. The van der Waals surface area contributed by atoms with Gasteiger partial charge in [0.1, 0.15) is 0 Å². The predicted octanol–water partition coefficient (Wildman–Crippen LogP) is 2.71. The van der Waals surface area contributed by atoms with Gasteiger partial charge in [0.25, 0.3) is 0 Å². The predicted molar refractivity (Wildman–Crippen MR) is 83.8 cm³/mol. The maximum atomic E-state index is 12.6. The summed E-state index contributed by atoms with van der Waals surface area (Å²) in [5, 5.41) is 6.79. The van der Waals surface area contributed by atoms with Gasteiger partial charge < -0.3 is 10.6 Å². The molecule has 1 heterocycles. The highest BCUT2D eigenvalue weighted by atomic mass is 16.2. The van der Waals surface area contributed by atoms with E-state index in [2.05, 4.69) is 17.6 Å².